The molecule has 1 N–H and O–H groups in total. The van der Waals surface area contributed by atoms with Crippen LogP contribution >= 0.6 is 0 Å². The minimum atomic E-state index is -0.881. The molecule has 1 aliphatic rings. The zero-order chi connectivity index (χ0) is 12.6. The van der Waals surface area contributed by atoms with Gasteiger partial charge in [-0.1, -0.05) is 18.0 Å². The molecule has 2 heterocycles. The maximum Gasteiger partial charge on any atom is 0.315 e. The molecule has 1 fully saturated rings. The number of furan rings is 1. The highest BCUT2D eigenvalue weighted by Crippen LogP contribution is 2.41. The molecule has 5 nitrogen and oxygen atoms in total. The number of aliphatic carboxylic acids is 1. The first-order valence-corrected chi connectivity index (χ1v) is 5.97. The molecule has 2 aromatic rings. The molecule has 0 unspecified atom stereocenters. The van der Waals surface area contributed by atoms with Crippen molar-refractivity contribution in [3.05, 3.63) is 30.2 Å². The summed E-state index contributed by atoms with van der Waals surface area (Å²) < 4.78 is 10.4. The lowest BCUT2D eigenvalue weighted by Gasteiger charge is -2.19. The first kappa shape index (κ1) is 11.1. The molecule has 0 aromatic carbocycles. The number of nitrogens with zero attached hydrogens (tertiary/aromatic N) is 1. The zero-order valence-corrected chi connectivity index (χ0v) is 9.76. The van der Waals surface area contributed by atoms with Crippen LogP contribution in [0.2, 0.25) is 0 Å². The Balaban J connectivity index is 1.99. The van der Waals surface area contributed by atoms with Crippen molar-refractivity contribution in [2.75, 3.05) is 0 Å². The second-order valence-electron chi connectivity index (χ2n) is 4.65. The molecule has 0 aliphatic heterocycles. The summed E-state index contributed by atoms with van der Waals surface area (Å²) in [6, 6.07) is 5.19. The highest BCUT2D eigenvalue weighted by Gasteiger charge is 2.45. The number of carboxylic acid groups (broad SMARTS) is 1. The molecular formula is C13H13NO4. The first-order valence-electron chi connectivity index (χ1n) is 5.97. The molecule has 0 atom stereocenters. The van der Waals surface area contributed by atoms with E-state index in [1.807, 2.05) is 0 Å². The fourth-order valence-electron chi connectivity index (χ4n) is 2.59. The maximum absolute atomic E-state index is 11.5. The van der Waals surface area contributed by atoms with E-state index in [-0.39, 0.29) is 0 Å². The second kappa shape index (κ2) is 4.01. The van der Waals surface area contributed by atoms with E-state index < -0.39 is 11.4 Å². The molecule has 0 amide bonds. The van der Waals surface area contributed by atoms with Crippen LogP contribution in [0, 0.1) is 0 Å². The number of rotatable bonds is 3. The monoisotopic (exact) mass is 247 g/mol. The van der Waals surface area contributed by atoms with Crippen molar-refractivity contribution < 1.29 is 18.8 Å². The summed E-state index contributed by atoms with van der Waals surface area (Å²) in [4.78, 5) is 11.5. The van der Waals surface area contributed by atoms with Crippen LogP contribution in [0.3, 0.4) is 0 Å². The van der Waals surface area contributed by atoms with E-state index >= 15 is 0 Å². The molecule has 1 aliphatic carbocycles. The molecule has 0 spiro atoms. The fourth-order valence-corrected chi connectivity index (χ4v) is 2.59. The van der Waals surface area contributed by atoms with Crippen LogP contribution in [-0.2, 0) is 10.2 Å². The highest BCUT2D eigenvalue weighted by molar-refractivity contribution is 5.81. The van der Waals surface area contributed by atoms with Crippen molar-refractivity contribution in [1.29, 1.82) is 0 Å². The molecule has 5 heteroatoms. The molecular weight excluding hydrogens is 234 g/mol. The number of aromatic nitrogens is 1. The third-order valence-corrected chi connectivity index (χ3v) is 3.63. The van der Waals surface area contributed by atoms with E-state index in [9.17, 15) is 9.90 Å². The molecule has 0 saturated heterocycles. The standard InChI is InChI=1S/C13H13NO4/c15-12(16)13(5-1-2-6-13)11-8-10(18-14-11)9-4-3-7-17-9/h3-4,7-8H,1-2,5-6H2,(H,15,16). The van der Waals surface area contributed by atoms with Crippen molar-refractivity contribution in [1.82, 2.24) is 5.16 Å². The lowest BCUT2D eigenvalue weighted by Crippen LogP contribution is -2.32. The van der Waals surface area contributed by atoms with E-state index in [2.05, 4.69) is 5.16 Å². The predicted octanol–water partition coefficient (Wildman–Crippen LogP) is 2.83. The van der Waals surface area contributed by atoms with Crippen LogP contribution < -0.4 is 0 Å². The van der Waals surface area contributed by atoms with Gasteiger partial charge in [0.2, 0.25) is 5.76 Å². The minimum Gasteiger partial charge on any atom is -0.481 e. The molecule has 0 radical (unpaired) electrons. The van der Waals surface area contributed by atoms with E-state index in [4.69, 9.17) is 8.94 Å². The zero-order valence-electron chi connectivity index (χ0n) is 9.76. The van der Waals surface area contributed by atoms with E-state index in [1.54, 1.807) is 24.5 Å². The van der Waals surface area contributed by atoms with Gasteiger partial charge < -0.3 is 14.0 Å². The van der Waals surface area contributed by atoms with Crippen molar-refractivity contribution in [2.45, 2.75) is 31.1 Å². The number of hydrogen-bond acceptors (Lipinski definition) is 4. The number of hydrogen-bond donors (Lipinski definition) is 1. The van der Waals surface area contributed by atoms with Crippen LogP contribution in [0.4, 0.5) is 0 Å². The van der Waals surface area contributed by atoms with Gasteiger partial charge in [0, 0.05) is 6.07 Å². The van der Waals surface area contributed by atoms with Crippen molar-refractivity contribution in [2.24, 2.45) is 0 Å². The normalized spacial score (nSPS) is 18.0. The average molecular weight is 247 g/mol. The van der Waals surface area contributed by atoms with Gasteiger partial charge in [0.25, 0.3) is 0 Å². The SMILES string of the molecule is O=C(O)C1(c2cc(-c3ccco3)on2)CCCC1. The second-order valence-corrected chi connectivity index (χ2v) is 4.65. The molecule has 3 rings (SSSR count). The predicted molar refractivity (Wildman–Crippen MR) is 62.0 cm³/mol. The Bertz CT molecular complexity index is 549. The molecule has 18 heavy (non-hydrogen) atoms. The summed E-state index contributed by atoms with van der Waals surface area (Å²) in [6.07, 6.45) is 4.60. The Hall–Kier alpha value is -2.04. The highest BCUT2D eigenvalue weighted by atomic mass is 16.5. The quantitative estimate of drug-likeness (QED) is 0.902. The summed E-state index contributed by atoms with van der Waals surface area (Å²) in [5, 5.41) is 13.4. The van der Waals surface area contributed by atoms with Gasteiger partial charge in [-0.3, -0.25) is 4.79 Å². The number of carboxylic acids is 1. The lowest BCUT2D eigenvalue weighted by molar-refractivity contribution is -0.143. The summed E-state index contributed by atoms with van der Waals surface area (Å²) >= 11 is 0. The molecule has 0 bridgehead atoms. The number of carbonyl (C=O) groups is 1. The molecule has 2 aromatic heterocycles. The minimum absolute atomic E-state index is 0.475. The Kier molecular flexibility index (Phi) is 2.47. The summed E-state index contributed by atoms with van der Waals surface area (Å²) in [5.74, 6) is 0.217. The van der Waals surface area contributed by atoms with Crippen LogP contribution in [-0.4, -0.2) is 16.2 Å². The average Bonchev–Trinajstić information content (AvgIpc) is 3.11. The molecule has 1 saturated carbocycles. The Morgan fingerprint density at radius 2 is 2.11 bits per heavy atom. The van der Waals surface area contributed by atoms with Crippen molar-refractivity contribution in [3.8, 4) is 11.5 Å². The largest absolute Gasteiger partial charge is 0.481 e. The van der Waals surface area contributed by atoms with Crippen molar-refractivity contribution >= 4 is 5.97 Å². The van der Waals surface area contributed by atoms with Gasteiger partial charge in [0.05, 0.1) is 6.26 Å². The van der Waals surface area contributed by atoms with Crippen LogP contribution in [0.15, 0.2) is 33.4 Å². The van der Waals surface area contributed by atoms with Crippen LogP contribution in [0.1, 0.15) is 31.4 Å². The lowest BCUT2D eigenvalue weighted by atomic mass is 9.83. The van der Waals surface area contributed by atoms with Gasteiger partial charge in [-0.05, 0) is 25.0 Å². The first-order chi connectivity index (χ1) is 8.72. The van der Waals surface area contributed by atoms with Crippen LogP contribution in [0.25, 0.3) is 11.5 Å². The maximum atomic E-state index is 11.5. The van der Waals surface area contributed by atoms with Crippen LogP contribution in [0.5, 0.6) is 0 Å². The smallest absolute Gasteiger partial charge is 0.315 e. The van der Waals surface area contributed by atoms with E-state index in [1.165, 1.54) is 0 Å². The topological polar surface area (TPSA) is 76.5 Å². The Labute approximate surface area is 103 Å². The summed E-state index contributed by atoms with van der Waals surface area (Å²) in [6.45, 7) is 0. The van der Waals surface area contributed by atoms with Gasteiger partial charge in [-0.2, -0.15) is 0 Å². The Morgan fingerprint density at radius 1 is 1.33 bits per heavy atom. The third-order valence-electron chi connectivity index (χ3n) is 3.63. The van der Waals surface area contributed by atoms with Gasteiger partial charge in [0.15, 0.2) is 5.76 Å². The third kappa shape index (κ3) is 1.54. The summed E-state index contributed by atoms with van der Waals surface area (Å²) in [7, 11) is 0. The summed E-state index contributed by atoms with van der Waals surface area (Å²) in [5.41, 5.74) is -0.382. The van der Waals surface area contributed by atoms with Crippen molar-refractivity contribution in [3.63, 3.8) is 0 Å². The fraction of sp³-hybridized carbons (Fsp3) is 0.385. The Morgan fingerprint density at radius 3 is 2.72 bits per heavy atom. The van der Waals surface area contributed by atoms with E-state index in [0.717, 1.165) is 12.8 Å². The molecule has 94 valence electrons. The van der Waals surface area contributed by atoms with Gasteiger partial charge in [-0.25, -0.2) is 0 Å². The van der Waals surface area contributed by atoms with E-state index in [0.29, 0.717) is 30.1 Å². The van der Waals surface area contributed by atoms with Gasteiger partial charge in [-0.15, -0.1) is 0 Å². The van der Waals surface area contributed by atoms with Gasteiger partial charge in [0.1, 0.15) is 11.1 Å². The van der Waals surface area contributed by atoms with Gasteiger partial charge >= 0.3 is 5.97 Å².